The molecule has 3 aromatic rings. The molecule has 1 aromatic carbocycles. The van der Waals surface area contributed by atoms with E-state index in [1.165, 1.54) is 0 Å². The first-order valence-corrected chi connectivity index (χ1v) is 12.3. The smallest absolute Gasteiger partial charge is 0.170 e. The van der Waals surface area contributed by atoms with Crippen molar-refractivity contribution in [2.75, 3.05) is 24.5 Å². The van der Waals surface area contributed by atoms with Gasteiger partial charge in [0.15, 0.2) is 17.0 Å². The molecular formula is C25H25Cl2N7. The van der Waals surface area contributed by atoms with E-state index in [1.807, 2.05) is 47.9 Å². The minimum Gasteiger partial charge on any atom is -0.354 e. The van der Waals surface area contributed by atoms with E-state index < -0.39 is 5.54 Å². The highest BCUT2D eigenvalue weighted by molar-refractivity contribution is 6.33. The van der Waals surface area contributed by atoms with Crippen LogP contribution in [0.4, 0.5) is 5.82 Å². The van der Waals surface area contributed by atoms with Crippen molar-refractivity contribution >= 4 is 45.9 Å². The number of rotatable bonds is 5. The molecule has 34 heavy (non-hydrogen) atoms. The average molecular weight is 494 g/mol. The summed E-state index contributed by atoms with van der Waals surface area (Å²) in [5.41, 5.74) is 2.72. The summed E-state index contributed by atoms with van der Waals surface area (Å²) >= 11 is 12.9. The third kappa shape index (κ3) is 4.07. The second kappa shape index (κ2) is 9.38. The van der Waals surface area contributed by atoms with E-state index in [-0.39, 0.29) is 5.38 Å². The molecule has 0 bridgehead atoms. The van der Waals surface area contributed by atoms with E-state index in [0.717, 1.165) is 30.0 Å². The molecule has 1 aliphatic carbocycles. The molecule has 7 nitrogen and oxygen atoms in total. The third-order valence-electron chi connectivity index (χ3n) is 6.47. The topological polar surface area (TPSA) is 82.7 Å². The molecule has 1 aliphatic heterocycles. The van der Waals surface area contributed by atoms with Crippen molar-refractivity contribution in [3.05, 3.63) is 53.8 Å². The van der Waals surface area contributed by atoms with Crippen molar-refractivity contribution in [2.45, 2.75) is 37.1 Å². The van der Waals surface area contributed by atoms with Gasteiger partial charge in [-0.15, -0.1) is 11.6 Å². The van der Waals surface area contributed by atoms with Gasteiger partial charge in [-0.2, -0.15) is 5.26 Å². The molecule has 1 atom stereocenters. The van der Waals surface area contributed by atoms with Crippen LogP contribution in [0, 0.1) is 11.3 Å². The van der Waals surface area contributed by atoms with Crippen LogP contribution in [0.2, 0.25) is 5.02 Å². The fourth-order valence-electron chi connectivity index (χ4n) is 4.70. The SMILES string of the molecule is CCNC1(C#N)CCN(c2ncnc3c2nc(-c2ccccc2Cl)n3C2=CCC(Cl)C=C2)CC1. The minimum absolute atomic E-state index is 0.0297. The number of nitrogens with zero attached hydrogens (tertiary/aromatic N) is 6. The second-order valence-corrected chi connectivity index (χ2v) is 9.54. The zero-order valence-electron chi connectivity index (χ0n) is 18.9. The van der Waals surface area contributed by atoms with Crippen LogP contribution in [-0.4, -0.2) is 50.1 Å². The lowest BCUT2D eigenvalue weighted by atomic mass is 9.89. The first-order chi connectivity index (χ1) is 16.5. The molecule has 5 rings (SSSR count). The van der Waals surface area contributed by atoms with Crippen molar-refractivity contribution < 1.29 is 0 Å². The minimum atomic E-state index is -0.491. The summed E-state index contributed by atoms with van der Waals surface area (Å²) in [5.74, 6) is 1.48. The van der Waals surface area contributed by atoms with Crippen LogP contribution >= 0.6 is 23.2 Å². The lowest BCUT2D eigenvalue weighted by molar-refractivity contribution is 0.338. The maximum Gasteiger partial charge on any atom is 0.170 e. The van der Waals surface area contributed by atoms with Crippen molar-refractivity contribution in [1.82, 2.24) is 24.8 Å². The molecule has 2 aromatic heterocycles. The fourth-order valence-corrected chi connectivity index (χ4v) is 5.08. The maximum atomic E-state index is 9.75. The standard InChI is InChI=1S/C25H25Cl2N7/c1-2-31-25(15-28)11-13-33(14-12-25)23-21-24(30-16-29-23)34(18-9-7-17(26)8-10-18)22(32-21)19-5-3-4-6-20(19)27/h3-7,9-10,16-17,31H,2,8,11-14H2,1H3. The van der Waals surface area contributed by atoms with Gasteiger partial charge in [-0.25, -0.2) is 15.0 Å². The van der Waals surface area contributed by atoms with Crippen molar-refractivity contribution in [1.29, 1.82) is 5.26 Å². The number of imidazole rings is 1. The maximum absolute atomic E-state index is 9.75. The molecular weight excluding hydrogens is 469 g/mol. The number of halogens is 2. The molecule has 3 heterocycles. The van der Waals surface area contributed by atoms with Crippen LogP contribution in [0.25, 0.3) is 28.2 Å². The number of anilines is 1. The number of hydrogen-bond donors (Lipinski definition) is 1. The lowest BCUT2D eigenvalue weighted by Gasteiger charge is -2.38. The summed E-state index contributed by atoms with van der Waals surface area (Å²) in [5, 5.41) is 13.7. The van der Waals surface area contributed by atoms with Gasteiger partial charge in [0.05, 0.1) is 16.5 Å². The van der Waals surface area contributed by atoms with E-state index in [4.69, 9.17) is 28.2 Å². The zero-order valence-corrected chi connectivity index (χ0v) is 20.4. The molecule has 0 radical (unpaired) electrons. The van der Waals surface area contributed by atoms with Crippen LogP contribution in [0.3, 0.4) is 0 Å². The highest BCUT2D eigenvalue weighted by Crippen LogP contribution is 2.36. The van der Waals surface area contributed by atoms with E-state index in [0.29, 0.717) is 47.9 Å². The van der Waals surface area contributed by atoms with Crippen LogP contribution < -0.4 is 10.2 Å². The molecule has 9 heteroatoms. The Morgan fingerprint density at radius 3 is 2.71 bits per heavy atom. The molecule has 174 valence electrons. The Hall–Kier alpha value is -2.92. The van der Waals surface area contributed by atoms with Gasteiger partial charge in [0.1, 0.15) is 17.7 Å². The number of aromatic nitrogens is 4. The Morgan fingerprint density at radius 2 is 2.03 bits per heavy atom. The Balaban J connectivity index is 1.62. The summed E-state index contributed by atoms with van der Waals surface area (Å²) in [7, 11) is 0. The molecule has 0 saturated carbocycles. The summed E-state index contributed by atoms with van der Waals surface area (Å²) < 4.78 is 2.03. The Bertz CT molecular complexity index is 1310. The molecule has 0 spiro atoms. The summed E-state index contributed by atoms with van der Waals surface area (Å²) in [6.45, 7) is 4.21. The normalized spacial score (nSPS) is 19.8. The molecule has 1 unspecified atom stereocenters. The number of piperidine rings is 1. The van der Waals surface area contributed by atoms with Crippen molar-refractivity contribution in [3.8, 4) is 17.5 Å². The Labute approximate surface area is 208 Å². The lowest BCUT2D eigenvalue weighted by Crippen LogP contribution is -2.52. The monoisotopic (exact) mass is 493 g/mol. The van der Waals surface area contributed by atoms with Crippen LogP contribution in [0.5, 0.6) is 0 Å². The van der Waals surface area contributed by atoms with Gasteiger partial charge in [0.25, 0.3) is 0 Å². The van der Waals surface area contributed by atoms with E-state index in [9.17, 15) is 5.26 Å². The van der Waals surface area contributed by atoms with Gasteiger partial charge in [0, 0.05) is 24.4 Å². The highest BCUT2D eigenvalue weighted by Gasteiger charge is 2.35. The van der Waals surface area contributed by atoms with Gasteiger partial charge >= 0.3 is 0 Å². The molecule has 1 fully saturated rings. The molecule has 1 N–H and O–H groups in total. The number of alkyl halides is 1. The first-order valence-electron chi connectivity index (χ1n) is 11.5. The summed E-state index contributed by atoms with van der Waals surface area (Å²) in [6, 6.07) is 10.2. The van der Waals surface area contributed by atoms with Gasteiger partial charge < -0.3 is 4.90 Å². The van der Waals surface area contributed by atoms with Crippen molar-refractivity contribution in [3.63, 3.8) is 0 Å². The number of hydrogen-bond acceptors (Lipinski definition) is 6. The summed E-state index contributed by atoms with van der Waals surface area (Å²) in [4.78, 5) is 16.5. The third-order valence-corrected chi connectivity index (χ3v) is 7.12. The van der Waals surface area contributed by atoms with Crippen LogP contribution in [0.1, 0.15) is 26.2 Å². The van der Waals surface area contributed by atoms with Crippen molar-refractivity contribution in [2.24, 2.45) is 0 Å². The summed E-state index contributed by atoms with van der Waals surface area (Å²) in [6.07, 6.45) is 9.81. The Kier molecular flexibility index (Phi) is 6.30. The number of nitriles is 1. The Morgan fingerprint density at radius 1 is 1.24 bits per heavy atom. The zero-order chi connectivity index (χ0) is 23.7. The molecule has 1 saturated heterocycles. The largest absolute Gasteiger partial charge is 0.354 e. The van der Waals surface area contributed by atoms with Crippen LogP contribution in [0.15, 0.2) is 48.8 Å². The quantitative estimate of drug-likeness (QED) is 0.502. The number of nitrogens with one attached hydrogen (secondary N) is 1. The van der Waals surface area contributed by atoms with Gasteiger partial charge in [0.2, 0.25) is 0 Å². The fraction of sp³-hybridized carbons (Fsp3) is 0.360. The van der Waals surface area contributed by atoms with Gasteiger partial charge in [-0.05, 0) is 44.0 Å². The van der Waals surface area contributed by atoms with E-state index >= 15 is 0 Å². The number of benzene rings is 1. The van der Waals surface area contributed by atoms with E-state index in [1.54, 1.807) is 6.33 Å². The highest BCUT2D eigenvalue weighted by atomic mass is 35.5. The first kappa shape index (κ1) is 22.9. The number of allylic oxidation sites excluding steroid dienone is 4. The van der Waals surface area contributed by atoms with Crippen LogP contribution in [-0.2, 0) is 0 Å². The molecule has 2 aliphatic rings. The number of fused-ring (bicyclic) bond motifs is 1. The second-order valence-electron chi connectivity index (χ2n) is 8.57. The predicted octanol–water partition coefficient (Wildman–Crippen LogP) is 5.03. The molecule has 0 amide bonds. The average Bonchev–Trinajstić information content (AvgIpc) is 3.25. The van der Waals surface area contributed by atoms with Gasteiger partial charge in [-0.3, -0.25) is 9.88 Å². The predicted molar refractivity (Wildman–Crippen MR) is 137 cm³/mol. The van der Waals surface area contributed by atoms with Gasteiger partial charge in [-0.1, -0.05) is 42.8 Å². The van der Waals surface area contributed by atoms with E-state index in [2.05, 4.69) is 32.3 Å².